The zero-order chi connectivity index (χ0) is 14.7. The number of hydrogen-bond acceptors (Lipinski definition) is 5. The van der Waals surface area contributed by atoms with Gasteiger partial charge in [0.1, 0.15) is 17.0 Å². The highest BCUT2D eigenvalue weighted by atomic mass is 32.1. The Morgan fingerprint density at radius 1 is 1.33 bits per heavy atom. The molecule has 0 spiro atoms. The molecule has 1 aliphatic carbocycles. The van der Waals surface area contributed by atoms with Crippen molar-refractivity contribution < 1.29 is 4.79 Å². The molecule has 0 atom stereocenters. The van der Waals surface area contributed by atoms with Crippen LogP contribution < -0.4 is 11.1 Å². The number of nitrogens with two attached hydrogens (primary N) is 1. The number of fused-ring (bicyclic) bond motifs is 1. The number of nitrogens with zero attached hydrogens (tertiary/aromatic N) is 2. The number of carbonyl (C=O) groups is 1. The van der Waals surface area contributed by atoms with Crippen LogP contribution in [-0.2, 0) is 4.79 Å². The topological polar surface area (TPSA) is 80.9 Å². The Morgan fingerprint density at radius 3 is 2.90 bits per heavy atom. The number of rotatable bonds is 4. The van der Waals surface area contributed by atoms with E-state index in [-0.39, 0.29) is 11.8 Å². The van der Waals surface area contributed by atoms with Crippen LogP contribution in [0.4, 0.5) is 5.82 Å². The standard InChI is InChI=1S/C15H20N4OS/c16-7-5-10-1-3-11(4-2-10)14(20)19-13-12-6-8-21-15(12)18-9-17-13/h6,8-11H,1-5,7,16H2,(H,17,18,19,20). The van der Waals surface area contributed by atoms with Crippen LogP contribution in [0, 0.1) is 11.8 Å². The van der Waals surface area contributed by atoms with E-state index in [1.807, 2.05) is 11.4 Å². The van der Waals surface area contributed by atoms with E-state index in [4.69, 9.17) is 5.73 Å². The first kappa shape index (κ1) is 14.4. The maximum absolute atomic E-state index is 12.4. The summed E-state index contributed by atoms with van der Waals surface area (Å²) >= 11 is 1.56. The maximum Gasteiger partial charge on any atom is 0.228 e. The molecule has 3 rings (SSSR count). The van der Waals surface area contributed by atoms with Gasteiger partial charge in [-0.1, -0.05) is 0 Å². The third-order valence-corrected chi connectivity index (χ3v) is 5.12. The van der Waals surface area contributed by atoms with E-state index in [2.05, 4.69) is 15.3 Å². The van der Waals surface area contributed by atoms with E-state index in [0.29, 0.717) is 11.7 Å². The van der Waals surface area contributed by atoms with E-state index in [1.165, 1.54) is 6.33 Å². The fourth-order valence-electron chi connectivity index (χ4n) is 3.06. The summed E-state index contributed by atoms with van der Waals surface area (Å²) in [6, 6.07) is 1.95. The van der Waals surface area contributed by atoms with Crippen molar-refractivity contribution in [2.24, 2.45) is 17.6 Å². The Kier molecular flexibility index (Phi) is 4.45. The number of carbonyl (C=O) groups excluding carboxylic acids is 1. The molecule has 1 aliphatic rings. The summed E-state index contributed by atoms with van der Waals surface area (Å²) in [5, 5.41) is 5.87. The summed E-state index contributed by atoms with van der Waals surface area (Å²) in [6.07, 6.45) is 6.70. The van der Waals surface area contributed by atoms with Gasteiger partial charge in [-0.3, -0.25) is 4.79 Å². The average Bonchev–Trinajstić information content (AvgIpc) is 2.98. The van der Waals surface area contributed by atoms with E-state index >= 15 is 0 Å². The molecule has 2 heterocycles. The number of hydrogen-bond donors (Lipinski definition) is 2. The monoisotopic (exact) mass is 304 g/mol. The van der Waals surface area contributed by atoms with Crippen LogP contribution in [0.2, 0.25) is 0 Å². The molecule has 1 saturated carbocycles. The molecule has 3 N–H and O–H groups in total. The van der Waals surface area contributed by atoms with Gasteiger partial charge in [-0.25, -0.2) is 9.97 Å². The number of thiophene rings is 1. The highest BCUT2D eigenvalue weighted by Gasteiger charge is 2.26. The number of aromatic nitrogens is 2. The van der Waals surface area contributed by atoms with Crippen molar-refractivity contribution >= 4 is 33.3 Å². The zero-order valence-electron chi connectivity index (χ0n) is 11.9. The fraction of sp³-hybridized carbons (Fsp3) is 0.533. The highest BCUT2D eigenvalue weighted by molar-refractivity contribution is 7.16. The lowest BCUT2D eigenvalue weighted by Gasteiger charge is -2.27. The van der Waals surface area contributed by atoms with Crippen LogP contribution in [0.15, 0.2) is 17.8 Å². The van der Waals surface area contributed by atoms with Crippen LogP contribution >= 0.6 is 11.3 Å². The van der Waals surface area contributed by atoms with Crippen molar-refractivity contribution in [3.63, 3.8) is 0 Å². The summed E-state index contributed by atoms with van der Waals surface area (Å²) in [5.74, 6) is 1.52. The number of nitrogens with one attached hydrogen (secondary N) is 1. The van der Waals surface area contributed by atoms with Crippen molar-refractivity contribution in [1.82, 2.24) is 9.97 Å². The second kappa shape index (κ2) is 6.49. The predicted octanol–water partition coefficient (Wildman–Crippen LogP) is 2.79. The molecule has 5 nitrogen and oxygen atoms in total. The molecule has 21 heavy (non-hydrogen) atoms. The lowest BCUT2D eigenvalue weighted by atomic mass is 9.80. The van der Waals surface area contributed by atoms with Gasteiger partial charge in [0.15, 0.2) is 0 Å². The lowest BCUT2D eigenvalue weighted by molar-refractivity contribution is -0.121. The normalized spacial score (nSPS) is 22.3. The largest absolute Gasteiger partial charge is 0.330 e. The van der Waals surface area contributed by atoms with Gasteiger partial charge < -0.3 is 11.1 Å². The molecule has 0 aliphatic heterocycles. The Balaban J connectivity index is 1.63. The first-order valence-electron chi connectivity index (χ1n) is 7.47. The molecule has 6 heteroatoms. The molecule has 2 aromatic heterocycles. The van der Waals surface area contributed by atoms with Crippen LogP contribution in [0.1, 0.15) is 32.1 Å². The molecule has 0 radical (unpaired) electrons. The van der Waals surface area contributed by atoms with Crippen molar-refractivity contribution in [2.75, 3.05) is 11.9 Å². The van der Waals surface area contributed by atoms with Crippen LogP contribution in [0.3, 0.4) is 0 Å². The Labute approximate surface area is 128 Å². The van der Waals surface area contributed by atoms with E-state index in [9.17, 15) is 4.79 Å². The van der Waals surface area contributed by atoms with Crippen molar-refractivity contribution in [3.05, 3.63) is 17.8 Å². The Bertz CT molecular complexity index is 619. The molecule has 0 unspecified atom stereocenters. The Hall–Kier alpha value is -1.53. The van der Waals surface area contributed by atoms with Crippen LogP contribution in [0.5, 0.6) is 0 Å². The van der Waals surface area contributed by atoms with Crippen molar-refractivity contribution in [3.8, 4) is 0 Å². The zero-order valence-corrected chi connectivity index (χ0v) is 12.7. The minimum Gasteiger partial charge on any atom is -0.330 e. The fourth-order valence-corrected chi connectivity index (χ4v) is 3.79. The minimum atomic E-state index is 0.0902. The van der Waals surface area contributed by atoms with Gasteiger partial charge in [-0.05, 0) is 56.0 Å². The third kappa shape index (κ3) is 3.22. The van der Waals surface area contributed by atoms with Gasteiger partial charge in [-0.15, -0.1) is 11.3 Å². The van der Waals surface area contributed by atoms with Gasteiger partial charge in [-0.2, -0.15) is 0 Å². The summed E-state index contributed by atoms with van der Waals surface area (Å²) in [4.78, 5) is 21.7. The van der Waals surface area contributed by atoms with E-state index in [0.717, 1.165) is 48.9 Å². The minimum absolute atomic E-state index is 0.0902. The van der Waals surface area contributed by atoms with Gasteiger partial charge in [0.05, 0.1) is 5.39 Å². The summed E-state index contributed by atoms with van der Waals surface area (Å²) in [6.45, 7) is 0.749. The van der Waals surface area contributed by atoms with Crippen molar-refractivity contribution in [1.29, 1.82) is 0 Å². The maximum atomic E-state index is 12.4. The van der Waals surface area contributed by atoms with Gasteiger partial charge in [0, 0.05) is 5.92 Å². The molecule has 0 aromatic carbocycles. The summed E-state index contributed by atoms with van der Waals surface area (Å²) < 4.78 is 0. The SMILES string of the molecule is NCCC1CCC(C(=O)Nc2ncnc3sccc23)CC1. The quantitative estimate of drug-likeness (QED) is 0.910. The number of amides is 1. The molecule has 112 valence electrons. The molecule has 1 amide bonds. The van der Waals surface area contributed by atoms with Crippen molar-refractivity contribution in [2.45, 2.75) is 32.1 Å². The first-order chi connectivity index (χ1) is 10.3. The van der Waals surface area contributed by atoms with E-state index in [1.54, 1.807) is 11.3 Å². The molecular formula is C15H20N4OS. The molecule has 0 saturated heterocycles. The first-order valence-corrected chi connectivity index (χ1v) is 8.35. The highest BCUT2D eigenvalue weighted by Crippen LogP contribution is 2.32. The van der Waals surface area contributed by atoms with Gasteiger partial charge >= 0.3 is 0 Å². The van der Waals surface area contributed by atoms with Crippen LogP contribution in [-0.4, -0.2) is 22.4 Å². The molecular weight excluding hydrogens is 284 g/mol. The second-order valence-corrected chi connectivity index (χ2v) is 6.54. The smallest absolute Gasteiger partial charge is 0.228 e. The Morgan fingerprint density at radius 2 is 2.14 bits per heavy atom. The number of anilines is 1. The van der Waals surface area contributed by atoms with E-state index < -0.39 is 0 Å². The van der Waals surface area contributed by atoms with Gasteiger partial charge in [0.25, 0.3) is 0 Å². The summed E-state index contributed by atoms with van der Waals surface area (Å²) in [7, 11) is 0. The molecule has 0 bridgehead atoms. The lowest BCUT2D eigenvalue weighted by Crippen LogP contribution is -2.28. The second-order valence-electron chi connectivity index (χ2n) is 5.65. The third-order valence-electron chi connectivity index (χ3n) is 4.30. The molecule has 2 aromatic rings. The van der Waals surface area contributed by atoms with Gasteiger partial charge in [0.2, 0.25) is 5.91 Å². The van der Waals surface area contributed by atoms with Crippen LogP contribution in [0.25, 0.3) is 10.2 Å². The predicted molar refractivity (Wildman–Crippen MR) is 85.2 cm³/mol. The average molecular weight is 304 g/mol. The summed E-state index contributed by atoms with van der Waals surface area (Å²) in [5.41, 5.74) is 5.61. The molecule has 1 fully saturated rings.